The highest BCUT2D eigenvalue weighted by Crippen LogP contribution is 2.32. The third kappa shape index (κ3) is 5.22. The minimum atomic E-state index is 0.0106. The first kappa shape index (κ1) is 18.3. The molecule has 0 saturated carbocycles. The topological polar surface area (TPSA) is 47.6 Å². The molecule has 0 aliphatic carbocycles. The molecular weight excluding hydrogens is 446 g/mol. The van der Waals surface area contributed by atoms with Gasteiger partial charge in [0.25, 0.3) is 0 Å². The van der Waals surface area contributed by atoms with Crippen LogP contribution in [0.5, 0.6) is 11.5 Å². The van der Waals surface area contributed by atoms with E-state index in [1.54, 1.807) is 25.6 Å². The van der Waals surface area contributed by atoms with E-state index in [9.17, 15) is 4.79 Å². The van der Waals surface area contributed by atoms with Crippen LogP contribution in [0.25, 0.3) is 0 Å². The van der Waals surface area contributed by atoms with Crippen molar-refractivity contribution in [1.29, 1.82) is 0 Å². The zero-order valence-electron chi connectivity index (χ0n) is 12.8. The normalized spacial score (nSPS) is 10.4. The van der Waals surface area contributed by atoms with Crippen LogP contribution >= 0.6 is 43.2 Å². The molecule has 0 fully saturated rings. The standard InChI is InChI=1S/C16H17Br2NO3S/c1-21-12-4-3-10(7-13(12)22-2)5-6-19-15(20)9-11-8-14(17)23-16(11)18/h3-4,7-8H,5-6,9H2,1-2H3,(H,19,20). The van der Waals surface area contributed by atoms with Crippen LogP contribution < -0.4 is 14.8 Å². The Morgan fingerprint density at radius 1 is 1.17 bits per heavy atom. The fourth-order valence-electron chi connectivity index (χ4n) is 2.11. The summed E-state index contributed by atoms with van der Waals surface area (Å²) in [5.74, 6) is 1.41. The second-order valence-corrected chi connectivity index (χ2v) is 8.56. The lowest BCUT2D eigenvalue weighted by Gasteiger charge is -2.10. The molecule has 7 heteroatoms. The van der Waals surface area contributed by atoms with E-state index in [-0.39, 0.29) is 5.91 Å². The molecule has 2 rings (SSSR count). The molecule has 0 atom stereocenters. The Labute approximate surface area is 156 Å². The van der Waals surface area contributed by atoms with Crippen molar-refractivity contribution in [1.82, 2.24) is 5.32 Å². The number of ether oxygens (including phenoxy) is 2. The lowest BCUT2D eigenvalue weighted by Crippen LogP contribution is -2.27. The van der Waals surface area contributed by atoms with Crippen LogP contribution in [0.15, 0.2) is 31.8 Å². The van der Waals surface area contributed by atoms with Gasteiger partial charge in [0, 0.05) is 6.54 Å². The van der Waals surface area contributed by atoms with Crippen LogP contribution in [0.1, 0.15) is 11.1 Å². The Balaban J connectivity index is 1.85. The largest absolute Gasteiger partial charge is 0.493 e. The van der Waals surface area contributed by atoms with E-state index in [0.29, 0.717) is 24.5 Å². The minimum Gasteiger partial charge on any atom is -0.493 e. The van der Waals surface area contributed by atoms with Gasteiger partial charge in [0.2, 0.25) is 5.91 Å². The molecule has 0 aliphatic heterocycles. The van der Waals surface area contributed by atoms with Crippen molar-refractivity contribution in [3.63, 3.8) is 0 Å². The molecule has 0 aliphatic rings. The highest BCUT2D eigenvalue weighted by molar-refractivity contribution is 9.12. The SMILES string of the molecule is COc1ccc(CCNC(=O)Cc2cc(Br)sc2Br)cc1OC. The lowest BCUT2D eigenvalue weighted by molar-refractivity contribution is -0.120. The Bertz CT molecular complexity index is 688. The van der Waals surface area contributed by atoms with Gasteiger partial charge in [0.05, 0.1) is 28.2 Å². The van der Waals surface area contributed by atoms with Crippen molar-refractivity contribution in [3.05, 3.63) is 43.0 Å². The highest BCUT2D eigenvalue weighted by atomic mass is 79.9. The molecule has 0 bridgehead atoms. The summed E-state index contributed by atoms with van der Waals surface area (Å²) in [6.07, 6.45) is 1.11. The van der Waals surface area contributed by atoms with Gasteiger partial charge in [-0.2, -0.15) is 0 Å². The van der Waals surface area contributed by atoms with Gasteiger partial charge in [-0.15, -0.1) is 11.3 Å². The highest BCUT2D eigenvalue weighted by Gasteiger charge is 2.10. The second-order valence-electron chi connectivity index (χ2n) is 4.82. The molecule has 1 aromatic carbocycles. The molecule has 0 unspecified atom stereocenters. The molecule has 2 aromatic rings. The average molecular weight is 463 g/mol. The summed E-state index contributed by atoms with van der Waals surface area (Å²) in [5.41, 5.74) is 2.08. The number of amides is 1. The fourth-order valence-corrected chi connectivity index (χ4v) is 4.94. The summed E-state index contributed by atoms with van der Waals surface area (Å²) >= 11 is 8.45. The van der Waals surface area contributed by atoms with Gasteiger partial charge >= 0.3 is 0 Å². The number of rotatable bonds is 7. The van der Waals surface area contributed by atoms with Gasteiger partial charge in [-0.05, 0) is 67.6 Å². The first-order chi connectivity index (χ1) is 11.0. The molecule has 0 saturated heterocycles. The molecule has 1 aromatic heterocycles. The van der Waals surface area contributed by atoms with Crippen LogP contribution in [0.4, 0.5) is 0 Å². The average Bonchev–Trinajstić information content (AvgIpc) is 2.84. The number of hydrogen-bond donors (Lipinski definition) is 1. The van der Waals surface area contributed by atoms with Crippen LogP contribution in [-0.2, 0) is 17.6 Å². The number of methoxy groups -OCH3 is 2. The van der Waals surface area contributed by atoms with Crippen LogP contribution in [0.3, 0.4) is 0 Å². The van der Waals surface area contributed by atoms with Gasteiger partial charge in [-0.25, -0.2) is 0 Å². The molecule has 1 N–H and O–H groups in total. The van der Waals surface area contributed by atoms with E-state index < -0.39 is 0 Å². The smallest absolute Gasteiger partial charge is 0.224 e. The predicted molar refractivity (Wildman–Crippen MR) is 99.7 cm³/mol. The Kier molecular flexibility index (Phi) is 6.92. The zero-order chi connectivity index (χ0) is 16.8. The number of nitrogens with one attached hydrogen (secondary N) is 1. The van der Waals surface area contributed by atoms with Crippen molar-refractivity contribution >= 4 is 49.1 Å². The van der Waals surface area contributed by atoms with Gasteiger partial charge in [0.1, 0.15) is 0 Å². The van der Waals surface area contributed by atoms with Crippen LogP contribution in [0.2, 0.25) is 0 Å². The molecule has 0 radical (unpaired) electrons. The molecule has 1 heterocycles. The fraction of sp³-hybridized carbons (Fsp3) is 0.312. The van der Waals surface area contributed by atoms with Crippen molar-refractivity contribution in [2.45, 2.75) is 12.8 Å². The molecule has 1 amide bonds. The Hall–Kier alpha value is -1.05. The number of carbonyl (C=O) groups excluding carboxylic acids is 1. The third-order valence-corrected chi connectivity index (χ3v) is 5.73. The maximum Gasteiger partial charge on any atom is 0.224 e. The molecular formula is C16H17Br2NO3S. The zero-order valence-corrected chi connectivity index (χ0v) is 16.8. The maximum absolute atomic E-state index is 12.0. The summed E-state index contributed by atoms with van der Waals surface area (Å²) in [6.45, 7) is 0.581. The molecule has 4 nitrogen and oxygen atoms in total. The second kappa shape index (κ2) is 8.70. The molecule has 0 spiro atoms. The number of hydrogen-bond acceptors (Lipinski definition) is 4. The van der Waals surface area contributed by atoms with Crippen LogP contribution in [0, 0.1) is 0 Å². The van der Waals surface area contributed by atoms with Crippen molar-refractivity contribution < 1.29 is 14.3 Å². The number of carbonyl (C=O) groups is 1. The molecule has 124 valence electrons. The summed E-state index contributed by atoms with van der Waals surface area (Å²) in [5, 5.41) is 2.94. The summed E-state index contributed by atoms with van der Waals surface area (Å²) in [6, 6.07) is 7.73. The van der Waals surface area contributed by atoms with E-state index in [2.05, 4.69) is 37.2 Å². The van der Waals surface area contributed by atoms with Gasteiger partial charge in [-0.3, -0.25) is 4.79 Å². The van der Waals surface area contributed by atoms with Gasteiger partial charge in [0.15, 0.2) is 11.5 Å². The Morgan fingerprint density at radius 2 is 1.91 bits per heavy atom. The third-order valence-electron chi connectivity index (χ3n) is 3.26. The lowest BCUT2D eigenvalue weighted by atomic mass is 10.1. The minimum absolute atomic E-state index is 0.0106. The summed E-state index contributed by atoms with van der Waals surface area (Å²) in [7, 11) is 3.22. The first-order valence-electron chi connectivity index (χ1n) is 6.94. The van der Waals surface area contributed by atoms with Gasteiger partial charge in [-0.1, -0.05) is 6.07 Å². The Morgan fingerprint density at radius 3 is 2.52 bits per heavy atom. The number of thiophene rings is 1. The van der Waals surface area contributed by atoms with E-state index in [1.165, 1.54) is 0 Å². The first-order valence-corrected chi connectivity index (χ1v) is 9.35. The van der Waals surface area contributed by atoms with E-state index >= 15 is 0 Å². The van der Waals surface area contributed by atoms with E-state index in [0.717, 1.165) is 25.1 Å². The number of benzene rings is 1. The van der Waals surface area contributed by atoms with Crippen LogP contribution in [-0.4, -0.2) is 26.7 Å². The number of halogens is 2. The quantitative estimate of drug-likeness (QED) is 0.670. The van der Waals surface area contributed by atoms with E-state index in [4.69, 9.17) is 9.47 Å². The van der Waals surface area contributed by atoms with Gasteiger partial charge < -0.3 is 14.8 Å². The predicted octanol–water partition coefficient (Wildman–Crippen LogP) is 4.19. The van der Waals surface area contributed by atoms with E-state index in [1.807, 2.05) is 24.3 Å². The van der Waals surface area contributed by atoms with Crippen molar-refractivity contribution in [2.75, 3.05) is 20.8 Å². The van der Waals surface area contributed by atoms with Crippen molar-refractivity contribution in [3.8, 4) is 11.5 Å². The summed E-state index contributed by atoms with van der Waals surface area (Å²) < 4.78 is 12.5. The monoisotopic (exact) mass is 461 g/mol. The molecule has 23 heavy (non-hydrogen) atoms. The van der Waals surface area contributed by atoms with Crippen molar-refractivity contribution in [2.24, 2.45) is 0 Å². The summed E-state index contributed by atoms with van der Waals surface area (Å²) in [4.78, 5) is 12.0. The maximum atomic E-state index is 12.0.